The molecule has 0 spiro atoms. The van der Waals surface area contributed by atoms with Gasteiger partial charge in [0, 0.05) is 10.5 Å². The van der Waals surface area contributed by atoms with Crippen LogP contribution in [-0.2, 0) is 0 Å². The monoisotopic (exact) mass is 413 g/mol. The maximum Gasteiger partial charge on any atom is 0.261 e. The van der Waals surface area contributed by atoms with E-state index in [0.29, 0.717) is 4.88 Å². The number of nitrogens with one attached hydrogen (secondary N) is 1. The molecule has 1 saturated carbocycles. The van der Waals surface area contributed by atoms with Crippen molar-refractivity contribution in [2.24, 2.45) is 0 Å². The summed E-state index contributed by atoms with van der Waals surface area (Å²) in [6, 6.07) is 1.94. The number of carbonyl (C=O) groups excluding carboxylic acids is 1. The van der Waals surface area contributed by atoms with Crippen LogP contribution in [0.3, 0.4) is 0 Å². The molecule has 2 nitrogen and oxygen atoms in total. The van der Waals surface area contributed by atoms with E-state index < -0.39 is 0 Å². The Bertz CT molecular complexity index is 418. The van der Waals surface area contributed by atoms with E-state index in [0.717, 1.165) is 33.9 Å². The lowest BCUT2D eigenvalue weighted by Crippen LogP contribution is -2.40. The van der Waals surface area contributed by atoms with Crippen molar-refractivity contribution in [1.29, 1.82) is 0 Å². The van der Waals surface area contributed by atoms with Crippen molar-refractivity contribution in [3.8, 4) is 0 Å². The highest BCUT2D eigenvalue weighted by Gasteiger charge is 2.24. The third-order valence-corrected chi connectivity index (χ3v) is 6.89. The third kappa shape index (κ3) is 3.71. The minimum atomic E-state index is -0.0241. The van der Waals surface area contributed by atoms with E-state index in [-0.39, 0.29) is 17.3 Å². The van der Waals surface area contributed by atoms with Crippen LogP contribution in [0.5, 0.6) is 0 Å². The van der Waals surface area contributed by atoms with Gasteiger partial charge >= 0.3 is 0 Å². The number of thiophene rings is 1. The number of hydrogen-bond donors (Lipinski definition) is 1. The summed E-state index contributed by atoms with van der Waals surface area (Å²) in [5.41, 5.74) is 0. The van der Waals surface area contributed by atoms with Crippen molar-refractivity contribution in [1.82, 2.24) is 5.32 Å². The highest BCUT2D eigenvalue weighted by Crippen LogP contribution is 2.32. The topological polar surface area (TPSA) is 29.1 Å². The summed E-state index contributed by atoms with van der Waals surface area (Å²) in [4.78, 5) is 12.8. The molecule has 6 heteroatoms. The van der Waals surface area contributed by atoms with Crippen molar-refractivity contribution in [2.75, 3.05) is 0 Å². The molecule has 18 heavy (non-hydrogen) atoms. The zero-order valence-electron chi connectivity index (χ0n) is 9.72. The Morgan fingerprint density at radius 2 is 2.06 bits per heavy atom. The van der Waals surface area contributed by atoms with Crippen LogP contribution in [0.4, 0.5) is 0 Å². The largest absolute Gasteiger partial charge is 0.347 e. The first kappa shape index (κ1) is 14.8. The smallest absolute Gasteiger partial charge is 0.261 e. The van der Waals surface area contributed by atoms with E-state index in [1.807, 2.05) is 6.07 Å². The second kappa shape index (κ2) is 6.73. The Morgan fingerprint density at radius 3 is 2.72 bits per heavy atom. The van der Waals surface area contributed by atoms with Gasteiger partial charge < -0.3 is 5.32 Å². The first-order valence-corrected chi connectivity index (χ1v) is 8.81. The van der Waals surface area contributed by atoms with Gasteiger partial charge in [0.1, 0.15) is 0 Å². The fraction of sp³-hybridized carbons (Fsp3) is 0.583. The molecule has 1 amide bonds. The SMILES string of the molecule is O=C(NC1CCCCCC1Cl)c1cc(Br)c(Br)s1. The highest BCUT2D eigenvalue weighted by molar-refractivity contribution is 9.13. The number of rotatable bonds is 2. The molecule has 0 aliphatic heterocycles. The fourth-order valence-electron chi connectivity index (χ4n) is 2.12. The quantitative estimate of drug-likeness (QED) is 0.538. The van der Waals surface area contributed by atoms with Gasteiger partial charge in [0.25, 0.3) is 5.91 Å². The van der Waals surface area contributed by atoms with Gasteiger partial charge in [0.2, 0.25) is 0 Å². The molecule has 0 radical (unpaired) electrons. The van der Waals surface area contributed by atoms with Crippen LogP contribution in [-0.4, -0.2) is 17.3 Å². The summed E-state index contributed by atoms with van der Waals surface area (Å²) in [5.74, 6) is -0.0241. The summed E-state index contributed by atoms with van der Waals surface area (Å²) in [6.45, 7) is 0. The van der Waals surface area contributed by atoms with E-state index in [9.17, 15) is 4.79 Å². The van der Waals surface area contributed by atoms with Gasteiger partial charge in [-0.3, -0.25) is 4.79 Å². The van der Waals surface area contributed by atoms with E-state index in [1.54, 1.807) is 0 Å². The molecule has 2 atom stereocenters. The Hall–Kier alpha value is 0.420. The molecule has 2 rings (SSSR count). The number of alkyl halides is 1. The Labute approximate surface area is 133 Å². The average Bonchev–Trinajstić information content (AvgIpc) is 2.54. The van der Waals surface area contributed by atoms with Gasteiger partial charge in [0.05, 0.1) is 14.0 Å². The van der Waals surface area contributed by atoms with Gasteiger partial charge in [-0.05, 0) is 50.8 Å². The third-order valence-electron chi connectivity index (χ3n) is 3.12. The first-order valence-electron chi connectivity index (χ1n) is 5.97. The van der Waals surface area contributed by atoms with Crippen molar-refractivity contribution in [2.45, 2.75) is 43.5 Å². The van der Waals surface area contributed by atoms with Crippen LogP contribution in [0.2, 0.25) is 0 Å². The second-order valence-electron chi connectivity index (χ2n) is 4.47. The zero-order valence-corrected chi connectivity index (χ0v) is 14.5. The van der Waals surface area contributed by atoms with Crippen molar-refractivity contribution in [3.05, 3.63) is 19.2 Å². The molecule has 1 aromatic rings. The lowest BCUT2D eigenvalue weighted by atomic mass is 10.1. The molecular formula is C12H14Br2ClNOS. The molecular weight excluding hydrogens is 401 g/mol. The van der Waals surface area contributed by atoms with Crippen LogP contribution >= 0.6 is 54.8 Å². The summed E-state index contributed by atoms with van der Waals surface area (Å²) < 4.78 is 1.86. The van der Waals surface area contributed by atoms with Crippen molar-refractivity contribution in [3.63, 3.8) is 0 Å². The van der Waals surface area contributed by atoms with Gasteiger partial charge in [-0.25, -0.2) is 0 Å². The molecule has 1 N–H and O–H groups in total. The Morgan fingerprint density at radius 1 is 1.33 bits per heavy atom. The van der Waals surface area contributed by atoms with Gasteiger partial charge in [0.15, 0.2) is 0 Å². The number of amides is 1. The van der Waals surface area contributed by atoms with Crippen LogP contribution in [0.1, 0.15) is 41.8 Å². The Kier molecular flexibility index (Phi) is 5.54. The number of halogens is 3. The average molecular weight is 416 g/mol. The van der Waals surface area contributed by atoms with E-state index >= 15 is 0 Å². The van der Waals surface area contributed by atoms with Crippen LogP contribution in [0.15, 0.2) is 14.3 Å². The molecule has 1 fully saturated rings. The predicted molar refractivity (Wildman–Crippen MR) is 83.7 cm³/mol. The summed E-state index contributed by atoms with van der Waals surface area (Å²) in [5, 5.41) is 3.12. The van der Waals surface area contributed by atoms with Crippen molar-refractivity contribution >= 4 is 60.7 Å². The fourth-order valence-corrected chi connectivity index (χ4v) is 4.41. The highest BCUT2D eigenvalue weighted by atomic mass is 79.9. The molecule has 2 unspecified atom stereocenters. The number of carbonyl (C=O) groups is 1. The lowest BCUT2D eigenvalue weighted by molar-refractivity contribution is 0.0938. The molecule has 100 valence electrons. The summed E-state index contributed by atoms with van der Waals surface area (Å²) in [6.07, 6.45) is 5.49. The molecule has 1 aliphatic rings. The predicted octanol–water partition coefficient (Wildman–Crippen LogP) is 4.94. The summed E-state index contributed by atoms with van der Waals surface area (Å²) >= 11 is 14.5. The van der Waals surface area contributed by atoms with Crippen LogP contribution in [0, 0.1) is 0 Å². The number of hydrogen-bond acceptors (Lipinski definition) is 2. The molecule has 1 heterocycles. The van der Waals surface area contributed by atoms with Gasteiger partial charge in [-0.15, -0.1) is 22.9 Å². The molecule has 1 aromatic heterocycles. The van der Waals surface area contributed by atoms with E-state index in [4.69, 9.17) is 11.6 Å². The lowest BCUT2D eigenvalue weighted by Gasteiger charge is -2.20. The Balaban J connectivity index is 2.01. The van der Waals surface area contributed by atoms with Crippen LogP contribution < -0.4 is 5.32 Å². The second-order valence-corrected chi connectivity index (χ2v) is 8.25. The van der Waals surface area contributed by atoms with E-state index in [1.165, 1.54) is 17.8 Å². The standard InChI is InChI=1S/C12H14Br2ClNOS/c13-7-6-10(18-11(7)14)12(17)16-9-5-3-1-2-4-8(9)15/h6,8-9H,1-5H2,(H,16,17). The van der Waals surface area contributed by atoms with Gasteiger partial charge in [-0.2, -0.15) is 0 Å². The summed E-state index contributed by atoms with van der Waals surface area (Å²) in [7, 11) is 0. The minimum absolute atomic E-state index is 0.0241. The normalized spacial score (nSPS) is 24.6. The van der Waals surface area contributed by atoms with Crippen LogP contribution in [0.25, 0.3) is 0 Å². The molecule has 0 aromatic carbocycles. The van der Waals surface area contributed by atoms with Gasteiger partial charge in [-0.1, -0.05) is 19.3 Å². The molecule has 1 aliphatic carbocycles. The zero-order chi connectivity index (χ0) is 13.1. The minimum Gasteiger partial charge on any atom is -0.347 e. The first-order chi connectivity index (χ1) is 8.58. The molecule has 0 saturated heterocycles. The molecule has 0 bridgehead atoms. The van der Waals surface area contributed by atoms with E-state index in [2.05, 4.69) is 37.2 Å². The maximum absolute atomic E-state index is 12.1. The van der Waals surface area contributed by atoms with Crippen molar-refractivity contribution < 1.29 is 4.79 Å². The maximum atomic E-state index is 12.1.